The van der Waals surface area contributed by atoms with Crippen LogP contribution in [0.3, 0.4) is 0 Å². The van der Waals surface area contributed by atoms with Crippen LogP contribution in [0.1, 0.15) is 34.9 Å². The summed E-state index contributed by atoms with van der Waals surface area (Å²) in [6.07, 6.45) is 2.72. The number of aromatic nitrogens is 1. The number of fused-ring (bicyclic) bond motifs is 3. The first kappa shape index (κ1) is 20.9. The predicted molar refractivity (Wildman–Crippen MR) is 126 cm³/mol. The van der Waals surface area contributed by atoms with Gasteiger partial charge in [0.25, 0.3) is 0 Å². The summed E-state index contributed by atoms with van der Waals surface area (Å²) in [6.45, 7) is 8.50. The van der Waals surface area contributed by atoms with Gasteiger partial charge in [-0.2, -0.15) is 0 Å². The van der Waals surface area contributed by atoms with Crippen molar-refractivity contribution in [1.82, 2.24) is 4.57 Å². The molecule has 1 atom stereocenters. The molecule has 1 aliphatic carbocycles. The third-order valence-corrected chi connectivity index (χ3v) is 8.00. The van der Waals surface area contributed by atoms with Gasteiger partial charge < -0.3 is 14.4 Å². The highest BCUT2D eigenvalue weighted by Gasteiger charge is 2.26. The third kappa shape index (κ3) is 4.38. The molecule has 4 rings (SSSR count). The number of halogens is 1. The van der Waals surface area contributed by atoms with Crippen molar-refractivity contribution >= 4 is 34.9 Å². The van der Waals surface area contributed by atoms with E-state index in [1.807, 2.05) is 30.3 Å². The summed E-state index contributed by atoms with van der Waals surface area (Å²) in [4.78, 5) is 0. The molecule has 0 bridgehead atoms. The molecule has 0 saturated carbocycles. The lowest BCUT2D eigenvalue weighted by molar-refractivity contribution is 0.0883. The van der Waals surface area contributed by atoms with Gasteiger partial charge in [-0.1, -0.05) is 65.9 Å². The molecule has 1 aromatic heterocycles. The number of aryl methyl sites for hydroxylation is 1. The molecule has 3 nitrogen and oxygen atoms in total. The van der Waals surface area contributed by atoms with E-state index in [9.17, 15) is 5.11 Å². The molecular weight excluding hydrogens is 442 g/mol. The van der Waals surface area contributed by atoms with E-state index in [0.717, 1.165) is 40.6 Å². The van der Waals surface area contributed by atoms with Crippen LogP contribution in [0.25, 0.3) is 10.9 Å². The van der Waals surface area contributed by atoms with Crippen LogP contribution in [0.4, 0.5) is 0 Å². The summed E-state index contributed by atoms with van der Waals surface area (Å²) in [7, 11) is -1.11. The Bertz CT molecular complexity index is 1010. The van der Waals surface area contributed by atoms with E-state index >= 15 is 0 Å². The van der Waals surface area contributed by atoms with Gasteiger partial charge >= 0.3 is 0 Å². The van der Waals surface area contributed by atoms with Crippen molar-refractivity contribution in [1.29, 1.82) is 0 Å². The fourth-order valence-corrected chi connectivity index (χ4v) is 5.53. The van der Waals surface area contributed by atoms with E-state index in [-0.39, 0.29) is 0 Å². The highest BCUT2D eigenvalue weighted by atomic mass is 79.9. The maximum atomic E-state index is 11.2. The van der Waals surface area contributed by atoms with Crippen LogP contribution in [0.2, 0.25) is 25.7 Å². The highest BCUT2D eigenvalue weighted by Crippen LogP contribution is 2.40. The van der Waals surface area contributed by atoms with Crippen LogP contribution in [-0.2, 0) is 24.3 Å². The molecule has 2 aromatic carbocycles. The monoisotopic (exact) mass is 471 g/mol. The van der Waals surface area contributed by atoms with Crippen molar-refractivity contribution in [2.24, 2.45) is 0 Å². The molecule has 29 heavy (non-hydrogen) atoms. The predicted octanol–water partition coefficient (Wildman–Crippen LogP) is 6.29. The van der Waals surface area contributed by atoms with Crippen LogP contribution in [0, 0.1) is 0 Å². The summed E-state index contributed by atoms with van der Waals surface area (Å²) in [5, 5.41) is 12.5. The number of hydrogen-bond acceptors (Lipinski definition) is 2. The maximum Gasteiger partial charge on any atom is 0.123 e. The second kappa shape index (κ2) is 8.38. The van der Waals surface area contributed by atoms with Crippen molar-refractivity contribution in [3.05, 3.63) is 69.3 Å². The zero-order chi connectivity index (χ0) is 20.6. The first-order chi connectivity index (χ1) is 13.8. The molecule has 1 heterocycles. The van der Waals surface area contributed by atoms with Gasteiger partial charge in [0.15, 0.2) is 0 Å². The molecule has 0 fully saturated rings. The number of rotatable bonds is 7. The van der Waals surface area contributed by atoms with E-state index in [4.69, 9.17) is 4.74 Å². The molecule has 0 radical (unpaired) electrons. The van der Waals surface area contributed by atoms with Crippen LogP contribution in [0.15, 0.2) is 46.9 Å². The lowest BCUT2D eigenvalue weighted by atomic mass is 9.98. The largest absolute Gasteiger partial charge is 0.384 e. The number of benzene rings is 2. The van der Waals surface area contributed by atoms with Gasteiger partial charge in [-0.3, -0.25) is 0 Å². The number of aliphatic hydroxyl groups is 1. The third-order valence-electron chi connectivity index (χ3n) is 5.84. The second-order valence-electron chi connectivity index (χ2n) is 9.26. The molecule has 1 unspecified atom stereocenters. The van der Waals surface area contributed by atoms with Crippen molar-refractivity contribution in [2.45, 2.75) is 57.8 Å². The van der Waals surface area contributed by atoms with Gasteiger partial charge in [0.05, 0.1) is 5.52 Å². The number of ether oxygens (including phenoxy) is 1. The van der Waals surface area contributed by atoms with Crippen LogP contribution in [0.5, 0.6) is 0 Å². The number of aliphatic hydroxyl groups excluding tert-OH is 1. The Morgan fingerprint density at radius 2 is 1.90 bits per heavy atom. The molecule has 5 heteroatoms. The molecule has 0 spiro atoms. The minimum absolute atomic E-state index is 0.562. The zero-order valence-corrected chi connectivity index (χ0v) is 20.1. The Morgan fingerprint density at radius 1 is 1.14 bits per heavy atom. The van der Waals surface area contributed by atoms with Gasteiger partial charge in [-0.05, 0) is 48.6 Å². The zero-order valence-electron chi connectivity index (χ0n) is 17.5. The van der Waals surface area contributed by atoms with E-state index in [0.29, 0.717) is 6.73 Å². The molecule has 1 N–H and O–H groups in total. The maximum absolute atomic E-state index is 11.2. The summed E-state index contributed by atoms with van der Waals surface area (Å²) in [5.41, 5.74) is 5.80. The fraction of sp³-hybridized carbons (Fsp3) is 0.417. The summed E-state index contributed by atoms with van der Waals surface area (Å²) >= 11 is 3.68. The SMILES string of the molecule is C[Si](C)(C)CCOCn1c2c(c3cc(Br)cc(C(O)c4ccccc4)c31)CCC2. The van der Waals surface area contributed by atoms with E-state index in [1.54, 1.807) is 0 Å². The second-order valence-corrected chi connectivity index (χ2v) is 15.8. The summed E-state index contributed by atoms with van der Waals surface area (Å²) < 4.78 is 9.51. The van der Waals surface area contributed by atoms with Gasteiger partial charge in [0.1, 0.15) is 12.8 Å². The Morgan fingerprint density at radius 3 is 2.62 bits per heavy atom. The van der Waals surface area contributed by atoms with Crippen LogP contribution in [-0.4, -0.2) is 24.4 Å². The normalized spacial score (nSPS) is 15.1. The van der Waals surface area contributed by atoms with Crippen molar-refractivity contribution in [3.63, 3.8) is 0 Å². The Kier molecular flexibility index (Phi) is 6.03. The molecular formula is C24H30BrNO2Si. The van der Waals surface area contributed by atoms with Crippen LogP contribution >= 0.6 is 15.9 Å². The fourth-order valence-electron chi connectivity index (χ4n) is 4.30. The lowest BCUT2D eigenvalue weighted by Crippen LogP contribution is -2.22. The van der Waals surface area contributed by atoms with Crippen LogP contribution < -0.4 is 0 Å². The lowest BCUT2D eigenvalue weighted by Gasteiger charge is -2.19. The minimum Gasteiger partial charge on any atom is -0.384 e. The number of nitrogens with zero attached hydrogens (tertiary/aromatic N) is 1. The standard InChI is InChI=1S/C24H30BrNO2Si/c1-29(2,3)13-12-28-16-26-22-11-7-10-19(22)20-14-18(25)15-21(23(20)26)24(27)17-8-5-4-6-9-17/h4-6,8-9,14-15,24,27H,7,10-13,16H2,1-3H3. The van der Waals surface area contributed by atoms with E-state index in [2.05, 4.69) is 52.3 Å². The van der Waals surface area contributed by atoms with Gasteiger partial charge in [0.2, 0.25) is 0 Å². The van der Waals surface area contributed by atoms with E-state index in [1.165, 1.54) is 29.1 Å². The Hall–Kier alpha value is -1.40. The quantitative estimate of drug-likeness (QED) is 0.324. The average molecular weight is 472 g/mol. The Balaban J connectivity index is 1.76. The number of hydrogen-bond donors (Lipinski definition) is 1. The molecule has 3 aromatic rings. The average Bonchev–Trinajstić information content (AvgIpc) is 3.26. The first-order valence-corrected chi connectivity index (χ1v) is 15.0. The summed E-state index contributed by atoms with van der Waals surface area (Å²) in [5.74, 6) is 0. The molecule has 0 saturated heterocycles. The Labute approximate surface area is 182 Å². The smallest absolute Gasteiger partial charge is 0.123 e. The van der Waals surface area contributed by atoms with Gasteiger partial charge in [0, 0.05) is 35.8 Å². The summed E-state index contributed by atoms with van der Waals surface area (Å²) in [6, 6.07) is 15.4. The van der Waals surface area contributed by atoms with Gasteiger partial charge in [-0.25, -0.2) is 0 Å². The first-order valence-electron chi connectivity index (χ1n) is 10.5. The molecule has 154 valence electrons. The van der Waals surface area contributed by atoms with E-state index < -0.39 is 14.2 Å². The van der Waals surface area contributed by atoms with Crippen molar-refractivity contribution in [2.75, 3.05) is 6.61 Å². The molecule has 0 aliphatic heterocycles. The molecule has 1 aliphatic rings. The van der Waals surface area contributed by atoms with Crippen molar-refractivity contribution < 1.29 is 9.84 Å². The van der Waals surface area contributed by atoms with Crippen molar-refractivity contribution in [3.8, 4) is 0 Å². The molecule has 0 amide bonds. The topological polar surface area (TPSA) is 34.4 Å². The minimum atomic E-state index is -1.11. The van der Waals surface area contributed by atoms with Gasteiger partial charge in [-0.15, -0.1) is 0 Å². The highest BCUT2D eigenvalue weighted by molar-refractivity contribution is 9.10.